The van der Waals surface area contributed by atoms with Crippen LogP contribution in [0.1, 0.15) is 22.5 Å². The Kier molecular flexibility index (Phi) is 6.01. The van der Waals surface area contributed by atoms with Crippen molar-refractivity contribution in [1.29, 1.82) is 0 Å². The Morgan fingerprint density at radius 1 is 1.03 bits per heavy atom. The molecule has 2 heterocycles. The molecule has 3 aromatic carbocycles. The van der Waals surface area contributed by atoms with Gasteiger partial charge in [0.15, 0.2) is 5.60 Å². The molecule has 176 valence electrons. The van der Waals surface area contributed by atoms with E-state index in [1.54, 1.807) is 60.6 Å². The Morgan fingerprint density at radius 3 is 2.37 bits per heavy atom. The molecular weight excluding hydrogens is 465 g/mol. The van der Waals surface area contributed by atoms with Crippen molar-refractivity contribution in [3.8, 4) is 16.9 Å². The van der Waals surface area contributed by atoms with Crippen molar-refractivity contribution >= 4 is 22.5 Å². The zero-order valence-electron chi connectivity index (χ0n) is 19.2. The number of nitrogens with zero attached hydrogens (tertiary/aromatic N) is 3. The zero-order valence-corrected chi connectivity index (χ0v) is 20.0. The molecule has 7 heteroatoms. The number of hydrogen-bond donors (Lipinski definition) is 1. The Morgan fingerprint density at radius 2 is 1.74 bits per heavy atom. The van der Waals surface area contributed by atoms with Crippen LogP contribution < -0.4 is 4.74 Å². The molecule has 0 aliphatic rings. The minimum Gasteiger partial charge on any atom is -0.495 e. The van der Waals surface area contributed by atoms with Gasteiger partial charge in [0, 0.05) is 23.0 Å². The second kappa shape index (κ2) is 9.13. The number of fused-ring (bicyclic) bond motifs is 1. The molecule has 0 fully saturated rings. The van der Waals surface area contributed by atoms with Crippen LogP contribution in [-0.4, -0.2) is 26.8 Å². The summed E-state index contributed by atoms with van der Waals surface area (Å²) in [5.74, 6) is 0.499. The van der Waals surface area contributed by atoms with Gasteiger partial charge in [-0.2, -0.15) is 0 Å². The van der Waals surface area contributed by atoms with Crippen molar-refractivity contribution < 1.29 is 14.2 Å². The van der Waals surface area contributed by atoms with Gasteiger partial charge in [0.05, 0.1) is 36.5 Å². The number of benzene rings is 3. The summed E-state index contributed by atoms with van der Waals surface area (Å²) >= 11 is 6.13. The molecule has 0 radical (unpaired) electrons. The van der Waals surface area contributed by atoms with Crippen molar-refractivity contribution in [3.63, 3.8) is 0 Å². The molecule has 0 bridgehead atoms. The molecule has 0 saturated carbocycles. The fraction of sp³-hybridized carbons (Fsp3) is 0.143. The maximum atomic E-state index is 14.1. The van der Waals surface area contributed by atoms with E-state index in [-0.39, 0.29) is 0 Å². The standard InChI is InChI=1S/C28H23ClFN3O2/c1-33-17-31-16-25(33)28(34,19-8-11-21(29)12-9-19)20-10-13-23-22(14-20)27(35-2)26(24(15-30)32-23)18-6-4-3-5-7-18/h3-14,16-17,34H,15H2,1-2H3. The minimum absolute atomic E-state index is 0.299. The van der Waals surface area contributed by atoms with E-state index in [4.69, 9.17) is 16.3 Å². The Balaban J connectivity index is 1.81. The van der Waals surface area contributed by atoms with Gasteiger partial charge in [-0.05, 0) is 41.0 Å². The SMILES string of the molecule is COc1c(-c2ccccc2)c(CF)nc2ccc(C(O)(c3ccc(Cl)cc3)c3cncn3C)cc12. The third-order valence-corrected chi connectivity index (χ3v) is 6.52. The molecule has 5 rings (SSSR count). The maximum absolute atomic E-state index is 14.1. The number of methoxy groups -OCH3 is 1. The van der Waals surface area contributed by atoms with Crippen LogP contribution in [0.5, 0.6) is 5.75 Å². The fourth-order valence-corrected chi connectivity index (χ4v) is 4.70. The highest BCUT2D eigenvalue weighted by atomic mass is 35.5. The first-order valence-corrected chi connectivity index (χ1v) is 11.4. The second-order valence-electron chi connectivity index (χ2n) is 8.31. The molecule has 0 saturated heterocycles. The highest BCUT2D eigenvalue weighted by Gasteiger charge is 2.37. The van der Waals surface area contributed by atoms with Gasteiger partial charge in [-0.3, -0.25) is 0 Å². The number of rotatable bonds is 6. The number of halogens is 2. The van der Waals surface area contributed by atoms with Crippen molar-refractivity contribution in [2.75, 3.05) is 7.11 Å². The van der Waals surface area contributed by atoms with Crippen molar-refractivity contribution in [2.24, 2.45) is 7.05 Å². The maximum Gasteiger partial charge on any atom is 0.156 e. The number of ether oxygens (including phenoxy) is 1. The van der Waals surface area contributed by atoms with Gasteiger partial charge in [-0.25, -0.2) is 14.4 Å². The van der Waals surface area contributed by atoms with Crippen LogP contribution in [0.15, 0.2) is 85.3 Å². The van der Waals surface area contributed by atoms with Crippen LogP contribution >= 0.6 is 11.6 Å². The highest BCUT2D eigenvalue weighted by Crippen LogP contribution is 2.42. The zero-order chi connectivity index (χ0) is 24.6. The summed E-state index contributed by atoms with van der Waals surface area (Å²) in [5, 5.41) is 13.5. The van der Waals surface area contributed by atoms with Crippen molar-refractivity contribution in [2.45, 2.75) is 12.3 Å². The van der Waals surface area contributed by atoms with Crippen molar-refractivity contribution in [3.05, 3.63) is 113 Å². The van der Waals surface area contributed by atoms with Gasteiger partial charge in [0.25, 0.3) is 0 Å². The molecule has 0 aliphatic carbocycles. The normalized spacial score (nSPS) is 13.1. The molecule has 5 nitrogen and oxygen atoms in total. The smallest absolute Gasteiger partial charge is 0.156 e. The summed E-state index contributed by atoms with van der Waals surface area (Å²) < 4.78 is 21.7. The first kappa shape index (κ1) is 23.0. The largest absolute Gasteiger partial charge is 0.495 e. The summed E-state index contributed by atoms with van der Waals surface area (Å²) in [7, 11) is 3.38. The van der Waals surface area contributed by atoms with E-state index >= 15 is 0 Å². The number of imidazole rings is 1. The monoisotopic (exact) mass is 487 g/mol. The van der Waals surface area contributed by atoms with Gasteiger partial charge in [0.2, 0.25) is 0 Å². The Bertz CT molecular complexity index is 1500. The molecule has 1 atom stereocenters. The molecule has 1 unspecified atom stereocenters. The summed E-state index contributed by atoms with van der Waals surface area (Å²) in [5.41, 5.74) is 2.51. The number of aliphatic hydroxyl groups is 1. The van der Waals surface area contributed by atoms with Gasteiger partial charge >= 0.3 is 0 Å². The first-order valence-electron chi connectivity index (χ1n) is 11.0. The molecule has 0 aliphatic heterocycles. The van der Waals surface area contributed by atoms with Crippen molar-refractivity contribution in [1.82, 2.24) is 14.5 Å². The van der Waals surface area contributed by atoms with Gasteiger partial charge in [-0.1, -0.05) is 60.1 Å². The highest BCUT2D eigenvalue weighted by molar-refractivity contribution is 6.30. The summed E-state index contributed by atoms with van der Waals surface area (Å²) in [6.07, 6.45) is 3.27. The number of hydrogen-bond acceptors (Lipinski definition) is 4. The third-order valence-electron chi connectivity index (χ3n) is 6.27. The number of alkyl halides is 1. The predicted octanol–water partition coefficient (Wildman–Crippen LogP) is 6.05. The molecule has 0 amide bonds. The van der Waals surface area contributed by atoms with Gasteiger partial charge in [0.1, 0.15) is 12.4 Å². The molecular formula is C28H23ClFN3O2. The topological polar surface area (TPSA) is 60.2 Å². The third kappa shape index (κ3) is 3.85. The van der Waals surface area contributed by atoms with Crippen LogP contribution in [0.4, 0.5) is 4.39 Å². The quantitative estimate of drug-likeness (QED) is 0.316. The number of aromatic nitrogens is 3. The average molecular weight is 488 g/mol. The van der Waals surface area contributed by atoms with Gasteiger partial charge in [-0.15, -0.1) is 0 Å². The number of pyridine rings is 1. The summed E-state index contributed by atoms with van der Waals surface area (Å²) in [6, 6.07) is 21.9. The lowest BCUT2D eigenvalue weighted by molar-refractivity contribution is 0.117. The lowest BCUT2D eigenvalue weighted by atomic mass is 9.82. The Hall–Kier alpha value is -3.74. The average Bonchev–Trinajstić information content (AvgIpc) is 3.33. The lowest BCUT2D eigenvalue weighted by Gasteiger charge is -2.30. The Labute approximate surface area is 207 Å². The second-order valence-corrected chi connectivity index (χ2v) is 8.74. The van der Waals surface area contributed by atoms with Gasteiger partial charge < -0.3 is 14.4 Å². The molecule has 35 heavy (non-hydrogen) atoms. The van der Waals surface area contributed by atoms with E-state index < -0.39 is 12.3 Å². The molecule has 1 N–H and O–H groups in total. The minimum atomic E-state index is -1.54. The van der Waals surface area contributed by atoms with Crippen LogP contribution in [0.3, 0.4) is 0 Å². The molecule has 0 spiro atoms. The first-order chi connectivity index (χ1) is 17.0. The summed E-state index contributed by atoms with van der Waals surface area (Å²) in [4.78, 5) is 8.82. The predicted molar refractivity (Wildman–Crippen MR) is 135 cm³/mol. The van der Waals surface area contributed by atoms with Crippen LogP contribution in [-0.2, 0) is 19.3 Å². The van der Waals surface area contributed by atoms with E-state index in [9.17, 15) is 9.50 Å². The number of aryl methyl sites for hydroxylation is 1. The van der Waals surface area contributed by atoms with E-state index in [1.807, 2.05) is 43.4 Å². The van der Waals surface area contributed by atoms with E-state index in [0.29, 0.717) is 49.8 Å². The molecule has 2 aromatic heterocycles. The summed E-state index contributed by atoms with van der Waals surface area (Å²) in [6.45, 7) is -0.734. The van der Waals surface area contributed by atoms with E-state index in [0.717, 1.165) is 5.56 Å². The van der Waals surface area contributed by atoms with Crippen LogP contribution in [0.2, 0.25) is 5.02 Å². The molecule has 5 aromatic rings. The van der Waals surface area contributed by atoms with Crippen LogP contribution in [0.25, 0.3) is 22.0 Å². The fourth-order valence-electron chi connectivity index (χ4n) is 4.58. The van der Waals surface area contributed by atoms with E-state index in [2.05, 4.69) is 9.97 Å². The van der Waals surface area contributed by atoms with Crippen LogP contribution in [0, 0.1) is 0 Å². The lowest BCUT2D eigenvalue weighted by Crippen LogP contribution is -2.31. The van der Waals surface area contributed by atoms with E-state index in [1.165, 1.54) is 0 Å².